The summed E-state index contributed by atoms with van der Waals surface area (Å²) in [5, 5.41) is 2.71. The van der Waals surface area contributed by atoms with Gasteiger partial charge in [0.2, 0.25) is 0 Å². The van der Waals surface area contributed by atoms with Crippen molar-refractivity contribution in [1.82, 2.24) is 20.3 Å². The second-order valence-corrected chi connectivity index (χ2v) is 4.96. The molecule has 0 atom stereocenters. The van der Waals surface area contributed by atoms with E-state index < -0.39 is 0 Å². The summed E-state index contributed by atoms with van der Waals surface area (Å²) in [7, 11) is 0. The summed E-state index contributed by atoms with van der Waals surface area (Å²) < 4.78 is 0. The second-order valence-electron chi connectivity index (χ2n) is 4.96. The van der Waals surface area contributed by atoms with Crippen molar-refractivity contribution in [3.63, 3.8) is 0 Å². The molecule has 2 N–H and O–H groups in total. The third kappa shape index (κ3) is 3.98. The summed E-state index contributed by atoms with van der Waals surface area (Å²) in [6.07, 6.45) is 0.526. The number of pyridine rings is 1. The number of nitrogens with zero attached hydrogens (tertiary/aromatic N) is 2. The minimum atomic E-state index is -0.388. The Morgan fingerprint density at radius 3 is 2.48 bits per heavy atom. The first-order valence-corrected chi connectivity index (χ1v) is 6.75. The molecule has 2 heterocycles. The van der Waals surface area contributed by atoms with Gasteiger partial charge in [0.05, 0.1) is 0 Å². The highest BCUT2D eigenvalue weighted by molar-refractivity contribution is 5.93. The lowest BCUT2D eigenvalue weighted by Crippen LogP contribution is -2.31. The van der Waals surface area contributed by atoms with Gasteiger partial charge in [0.25, 0.3) is 11.5 Å². The number of hydrogen-bond acceptors (Lipinski definition) is 4. The number of carbonyl (C=O) groups is 1. The molecule has 0 radical (unpaired) electrons. The molecule has 2 aromatic heterocycles. The van der Waals surface area contributed by atoms with Gasteiger partial charge in [-0.15, -0.1) is 0 Å². The molecule has 6 heteroatoms. The standard InChI is InChI=1S/C15H18N4O2/c1-9-4-5-12(15(21)19-9)14(20)16-7-6-13-17-10(2)8-11(3)18-13/h4-5,8H,6-7H2,1-3H3,(H,16,20)(H,19,21). The maximum absolute atomic E-state index is 11.9. The molecular weight excluding hydrogens is 268 g/mol. The molecule has 0 aromatic carbocycles. The summed E-state index contributed by atoms with van der Waals surface area (Å²) in [4.78, 5) is 34.8. The molecule has 2 aromatic rings. The Hall–Kier alpha value is -2.50. The summed E-state index contributed by atoms with van der Waals surface area (Å²) >= 11 is 0. The molecule has 0 unspecified atom stereocenters. The quantitative estimate of drug-likeness (QED) is 0.879. The van der Waals surface area contributed by atoms with E-state index in [0.29, 0.717) is 18.8 Å². The monoisotopic (exact) mass is 286 g/mol. The third-order valence-electron chi connectivity index (χ3n) is 2.96. The van der Waals surface area contributed by atoms with Crippen LogP contribution in [0.2, 0.25) is 0 Å². The Labute approximate surface area is 122 Å². The summed E-state index contributed by atoms with van der Waals surface area (Å²) in [5.41, 5.74) is 2.26. The Morgan fingerprint density at radius 1 is 1.19 bits per heavy atom. The van der Waals surface area contributed by atoms with E-state index in [-0.39, 0.29) is 17.0 Å². The SMILES string of the molecule is Cc1cc(C)nc(CCNC(=O)c2ccc(C)[nH]c2=O)n1. The lowest BCUT2D eigenvalue weighted by molar-refractivity contribution is 0.0952. The van der Waals surface area contributed by atoms with Crippen LogP contribution in [-0.4, -0.2) is 27.4 Å². The van der Waals surface area contributed by atoms with Crippen molar-refractivity contribution in [2.75, 3.05) is 6.54 Å². The van der Waals surface area contributed by atoms with Gasteiger partial charge in [-0.2, -0.15) is 0 Å². The number of aryl methyl sites for hydroxylation is 3. The van der Waals surface area contributed by atoms with Crippen LogP contribution >= 0.6 is 0 Å². The highest BCUT2D eigenvalue weighted by atomic mass is 16.2. The maximum Gasteiger partial charge on any atom is 0.260 e. The van der Waals surface area contributed by atoms with Crippen LogP contribution in [0.1, 0.15) is 33.3 Å². The van der Waals surface area contributed by atoms with Crippen LogP contribution in [0.4, 0.5) is 0 Å². The molecule has 0 saturated carbocycles. The van der Waals surface area contributed by atoms with Crippen LogP contribution < -0.4 is 10.9 Å². The fourth-order valence-electron chi connectivity index (χ4n) is 2.04. The largest absolute Gasteiger partial charge is 0.351 e. The van der Waals surface area contributed by atoms with Crippen LogP contribution in [0.5, 0.6) is 0 Å². The Bertz CT molecular complexity index is 702. The topological polar surface area (TPSA) is 87.7 Å². The molecule has 6 nitrogen and oxygen atoms in total. The van der Waals surface area contributed by atoms with E-state index in [1.165, 1.54) is 6.07 Å². The first-order valence-electron chi connectivity index (χ1n) is 6.75. The Kier molecular flexibility index (Phi) is 4.47. The van der Waals surface area contributed by atoms with Gasteiger partial charge in [0.15, 0.2) is 0 Å². The summed E-state index contributed by atoms with van der Waals surface area (Å²) in [6, 6.07) is 5.12. The normalized spacial score (nSPS) is 10.4. The van der Waals surface area contributed by atoms with Gasteiger partial charge in [-0.1, -0.05) is 0 Å². The Morgan fingerprint density at radius 2 is 1.86 bits per heavy atom. The van der Waals surface area contributed by atoms with E-state index in [0.717, 1.165) is 17.1 Å². The van der Waals surface area contributed by atoms with E-state index in [1.54, 1.807) is 13.0 Å². The molecule has 0 fully saturated rings. The van der Waals surface area contributed by atoms with E-state index in [4.69, 9.17) is 0 Å². The fraction of sp³-hybridized carbons (Fsp3) is 0.333. The number of H-pyrrole nitrogens is 1. The zero-order valence-electron chi connectivity index (χ0n) is 12.4. The first-order chi connectivity index (χ1) is 9.95. The van der Waals surface area contributed by atoms with Crippen molar-refractivity contribution < 1.29 is 4.79 Å². The molecule has 21 heavy (non-hydrogen) atoms. The zero-order chi connectivity index (χ0) is 15.4. The molecule has 0 saturated heterocycles. The highest BCUT2D eigenvalue weighted by Gasteiger charge is 2.10. The molecule has 0 aliphatic rings. The number of aromatic nitrogens is 3. The van der Waals surface area contributed by atoms with Crippen molar-refractivity contribution in [2.24, 2.45) is 0 Å². The van der Waals surface area contributed by atoms with Gasteiger partial charge in [-0.25, -0.2) is 9.97 Å². The van der Waals surface area contributed by atoms with Crippen LogP contribution in [0.25, 0.3) is 0 Å². The lowest BCUT2D eigenvalue weighted by atomic mass is 10.2. The van der Waals surface area contributed by atoms with E-state index >= 15 is 0 Å². The highest BCUT2D eigenvalue weighted by Crippen LogP contribution is 2.00. The molecule has 2 rings (SSSR count). The molecule has 110 valence electrons. The average Bonchev–Trinajstić information content (AvgIpc) is 2.37. The van der Waals surface area contributed by atoms with Crippen molar-refractivity contribution >= 4 is 5.91 Å². The first kappa shape index (κ1) is 14.9. The third-order valence-corrected chi connectivity index (χ3v) is 2.96. The van der Waals surface area contributed by atoms with Crippen LogP contribution in [0.3, 0.4) is 0 Å². The van der Waals surface area contributed by atoms with E-state index in [9.17, 15) is 9.59 Å². The molecule has 0 aliphatic carbocycles. The Balaban J connectivity index is 1.97. The average molecular weight is 286 g/mol. The van der Waals surface area contributed by atoms with Crippen molar-refractivity contribution in [3.05, 3.63) is 57.0 Å². The molecule has 0 spiro atoms. The molecule has 1 amide bonds. The van der Waals surface area contributed by atoms with Gasteiger partial charge in [-0.3, -0.25) is 9.59 Å². The van der Waals surface area contributed by atoms with Crippen molar-refractivity contribution in [2.45, 2.75) is 27.2 Å². The fourth-order valence-corrected chi connectivity index (χ4v) is 2.04. The lowest BCUT2D eigenvalue weighted by Gasteiger charge is -2.06. The minimum absolute atomic E-state index is 0.113. The number of hydrogen-bond donors (Lipinski definition) is 2. The van der Waals surface area contributed by atoms with Gasteiger partial charge in [0.1, 0.15) is 11.4 Å². The van der Waals surface area contributed by atoms with Gasteiger partial charge in [0, 0.05) is 30.0 Å². The number of nitrogens with one attached hydrogen (secondary N) is 2. The number of aromatic amines is 1. The zero-order valence-corrected chi connectivity index (χ0v) is 12.4. The number of carbonyl (C=O) groups excluding carboxylic acids is 1. The van der Waals surface area contributed by atoms with Crippen molar-refractivity contribution in [1.29, 1.82) is 0 Å². The van der Waals surface area contributed by atoms with Crippen LogP contribution in [-0.2, 0) is 6.42 Å². The van der Waals surface area contributed by atoms with Gasteiger partial charge < -0.3 is 10.3 Å². The molecule has 0 aliphatic heterocycles. The smallest absolute Gasteiger partial charge is 0.260 e. The second kappa shape index (κ2) is 6.30. The molecule has 0 bridgehead atoms. The molecular formula is C15H18N4O2. The van der Waals surface area contributed by atoms with Crippen LogP contribution in [0.15, 0.2) is 23.0 Å². The van der Waals surface area contributed by atoms with E-state index in [2.05, 4.69) is 20.3 Å². The van der Waals surface area contributed by atoms with Gasteiger partial charge >= 0.3 is 0 Å². The summed E-state index contributed by atoms with van der Waals surface area (Å²) in [6.45, 7) is 5.96. The minimum Gasteiger partial charge on any atom is -0.351 e. The number of amides is 1. The maximum atomic E-state index is 11.9. The predicted octanol–water partition coefficient (Wildman–Crippen LogP) is 1.06. The van der Waals surface area contributed by atoms with Crippen molar-refractivity contribution in [3.8, 4) is 0 Å². The van der Waals surface area contributed by atoms with Crippen LogP contribution in [0, 0.1) is 20.8 Å². The van der Waals surface area contributed by atoms with Gasteiger partial charge in [-0.05, 0) is 39.0 Å². The van der Waals surface area contributed by atoms with E-state index in [1.807, 2.05) is 19.9 Å². The predicted molar refractivity (Wildman–Crippen MR) is 79.3 cm³/mol. The summed E-state index contributed by atoms with van der Waals surface area (Å²) in [5.74, 6) is 0.297. The number of rotatable bonds is 4.